The molecule has 40 heavy (non-hydrogen) atoms. The number of piperidine rings is 1. The summed E-state index contributed by atoms with van der Waals surface area (Å²) in [5.74, 6) is -1.83. The highest BCUT2D eigenvalue weighted by molar-refractivity contribution is 7.22. The summed E-state index contributed by atoms with van der Waals surface area (Å²) < 4.78 is 31.4. The Balaban J connectivity index is 1.70. The Morgan fingerprint density at radius 3 is 2.62 bits per heavy atom. The standard InChI is InChI=1S/C26H29F2N7O4S/c1-5-34-30-20(29-31-34)13-33-17-12-18(15-7-6-8-16(27)21(15)28)40-22(17)23(36)35(24(33)37)14-9-10-32(25(38)39)19(11-14)26(2,3)4/h6-8,12,14,19H,5,9-11,13H2,1-4H3,(H,38,39). The van der Waals surface area contributed by atoms with Crippen LogP contribution in [0.1, 0.15) is 52.4 Å². The van der Waals surface area contributed by atoms with Crippen molar-refractivity contribution in [3.63, 3.8) is 0 Å². The number of amides is 1. The average Bonchev–Trinajstić information content (AvgIpc) is 3.55. The van der Waals surface area contributed by atoms with Gasteiger partial charge in [-0.1, -0.05) is 32.9 Å². The van der Waals surface area contributed by atoms with E-state index >= 15 is 0 Å². The molecule has 1 aliphatic heterocycles. The number of nitrogens with zero attached hydrogens (tertiary/aromatic N) is 7. The van der Waals surface area contributed by atoms with Crippen LogP contribution in [0.4, 0.5) is 13.6 Å². The SMILES string of the molecule is CCn1nnc(Cn2c(=O)n(C3CCN(C(=O)O)C(C(C)(C)C)C3)c(=O)c3sc(-c4cccc(F)c4F)cc32)n1. The number of carbonyl (C=O) groups is 1. The van der Waals surface area contributed by atoms with Gasteiger partial charge >= 0.3 is 11.8 Å². The molecule has 14 heteroatoms. The Kier molecular flexibility index (Phi) is 7.06. The average molecular weight is 574 g/mol. The van der Waals surface area contributed by atoms with Crippen LogP contribution in [0.5, 0.6) is 0 Å². The number of rotatable bonds is 5. The van der Waals surface area contributed by atoms with Gasteiger partial charge < -0.3 is 10.0 Å². The van der Waals surface area contributed by atoms with Crippen molar-refractivity contribution >= 4 is 27.6 Å². The van der Waals surface area contributed by atoms with Gasteiger partial charge in [0, 0.05) is 29.1 Å². The fourth-order valence-corrected chi connectivity index (χ4v) is 6.43. The highest BCUT2D eigenvalue weighted by atomic mass is 32.1. The van der Waals surface area contributed by atoms with Gasteiger partial charge in [-0.15, -0.1) is 21.5 Å². The molecule has 11 nitrogen and oxygen atoms in total. The molecule has 0 spiro atoms. The number of carboxylic acid groups (broad SMARTS) is 1. The highest BCUT2D eigenvalue weighted by Crippen LogP contribution is 2.37. The van der Waals surface area contributed by atoms with Gasteiger partial charge in [0.2, 0.25) is 0 Å². The first-order chi connectivity index (χ1) is 18.9. The minimum Gasteiger partial charge on any atom is -0.465 e. The van der Waals surface area contributed by atoms with Crippen molar-refractivity contribution in [2.24, 2.45) is 5.41 Å². The van der Waals surface area contributed by atoms with Crippen LogP contribution in [-0.2, 0) is 13.1 Å². The maximum absolute atomic E-state index is 14.7. The lowest BCUT2D eigenvalue weighted by molar-refractivity contribution is 0.0414. The van der Waals surface area contributed by atoms with Gasteiger partial charge in [0.25, 0.3) is 5.56 Å². The van der Waals surface area contributed by atoms with Crippen molar-refractivity contribution in [3.05, 3.63) is 62.6 Å². The van der Waals surface area contributed by atoms with E-state index in [0.29, 0.717) is 6.54 Å². The molecular formula is C26H29F2N7O4S. The molecule has 1 amide bonds. The number of aromatic nitrogens is 6. The summed E-state index contributed by atoms with van der Waals surface area (Å²) in [6.07, 6.45) is -0.526. The molecule has 212 valence electrons. The first kappa shape index (κ1) is 27.6. The zero-order valence-electron chi connectivity index (χ0n) is 22.5. The summed E-state index contributed by atoms with van der Waals surface area (Å²) in [6, 6.07) is 4.28. The molecule has 1 fully saturated rings. The molecule has 2 unspecified atom stereocenters. The van der Waals surface area contributed by atoms with Crippen LogP contribution in [-0.4, -0.2) is 58.0 Å². The second kappa shape index (κ2) is 10.2. The Labute approximate surface area is 231 Å². The van der Waals surface area contributed by atoms with Crippen LogP contribution in [0.15, 0.2) is 33.9 Å². The van der Waals surface area contributed by atoms with Crippen LogP contribution in [0, 0.1) is 17.0 Å². The van der Waals surface area contributed by atoms with Gasteiger partial charge in [-0.2, -0.15) is 4.80 Å². The molecule has 0 saturated carbocycles. The lowest BCUT2D eigenvalue weighted by atomic mass is 9.79. The number of tetrazole rings is 1. The summed E-state index contributed by atoms with van der Waals surface area (Å²) in [4.78, 5) is 42.9. The fourth-order valence-electron chi connectivity index (χ4n) is 5.31. The maximum atomic E-state index is 14.7. The van der Waals surface area contributed by atoms with E-state index in [1.54, 1.807) is 0 Å². The van der Waals surface area contributed by atoms with Gasteiger partial charge in [-0.05, 0) is 42.5 Å². The molecule has 4 heterocycles. The van der Waals surface area contributed by atoms with Crippen molar-refractivity contribution in [1.29, 1.82) is 0 Å². The minimum absolute atomic E-state index is 0.0243. The molecule has 3 aromatic heterocycles. The zero-order chi connectivity index (χ0) is 28.9. The molecule has 1 aliphatic rings. The smallest absolute Gasteiger partial charge is 0.407 e. The molecule has 2 atom stereocenters. The lowest BCUT2D eigenvalue weighted by Crippen LogP contribution is -2.54. The second-order valence-electron chi connectivity index (χ2n) is 10.9. The van der Waals surface area contributed by atoms with E-state index in [0.717, 1.165) is 17.4 Å². The summed E-state index contributed by atoms with van der Waals surface area (Å²) in [7, 11) is 0. The Morgan fingerprint density at radius 1 is 1.23 bits per heavy atom. The Morgan fingerprint density at radius 2 is 1.98 bits per heavy atom. The molecule has 1 N–H and O–H groups in total. The van der Waals surface area contributed by atoms with E-state index in [4.69, 9.17) is 0 Å². The fraction of sp³-hybridized carbons (Fsp3) is 0.462. The number of aryl methyl sites for hydroxylation is 1. The van der Waals surface area contributed by atoms with Gasteiger partial charge in [-0.25, -0.2) is 18.4 Å². The van der Waals surface area contributed by atoms with Crippen molar-refractivity contribution in [2.45, 2.75) is 65.7 Å². The van der Waals surface area contributed by atoms with Gasteiger partial charge in [0.05, 0.1) is 18.6 Å². The van der Waals surface area contributed by atoms with E-state index in [9.17, 15) is 28.3 Å². The lowest BCUT2D eigenvalue weighted by Gasteiger charge is -2.44. The summed E-state index contributed by atoms with van der Waals surface area (Å²) >= 11 is 0.967. The molecule has 0 aliphatic carbocycles. The third kappa shape index (κ3) is 4.80. The van der Waals surface area contributed by atoms with E-state index in [2.05, 4.69) is 15.4 Å². The van der Waals surface area contributed by atoms with Gasteiger partial charge in [0.15, 0.2) is 17.5 Å². The van der Waals surface area contributed by atoms with Crippen LogP contribution >= 0.6 is 11.3 Å². The van der Waals surface area contributed by atoms with Crippen molar-refractivity contribution in [3.8, 4) is 10.4 Å². The summed E-state index contributed by atoms with van der Waals surface area (Å²) in [6.45, 7) is 8.11. The highest BCUT2D eigenvalue weighted by Gasteiger charge is 2.40. The van der Waals surface area contributed by atoms with Gasteiger partial charge in [-0.3, -0.25) is 13.9 Å². The number of halogens is 2. The molecule has 1 saturated heterocycles. The number of likely N-dealkylation sites (tertiary alicyclic amines) is 1. The predicted molar refractivity (Wildman–Crippen MR) is 145 cm³/mol. The number of hydrogen-bond acceptors (Lipinski definition) is 7. The van der Waals surface area contributed by atoms with E-state index in [1.165, 1.54) is 37.0 Å². The number of hydrogen-bond donors (Lipinski definition) is 1. The summed E-state index contributed by atoms with van der Waals surface area (Å²) in [5, 5.41) is 22.0. The first-order valence-corrected chi connectivity index (χ1v) is 13.7. The monoisotopic (exact) mass is 573 g/mol. The third-order valence-corrected chi connectivity index (χ3v) is 8.48. The van der Waals surface area contributed by atoms with Crippen LogP contribution in [0.2, 0.25) is 0 Å². The molecular weight excluding hydrogens is 544 g/mol. The molecule has 1 aromatic carbocycles. The quantitative estimate of drug-likeness (QED) is 0.383. The van der Waals surface area contributed by atoms with Crippen molar-refractivity contribution < 1.29 is 18.7 Å². The number of fused-ring (bicyclic) bond motifs is 1. The molecule has 4 aromatic rings. The first-order valence-electron chi connectivity index (χ1n) is 12.9. The zero-order valence-corrected chi connectivity index (χ0v) is 23.3. The normalized spacial score (nSPS) is 18.0. The van der Waals surface area contributed by atoms with Crippen LogP contribution in [0.3, 0.4) is 0 Å². The largest absolute Gasteiger partial charge is 0.465 e. The van der Waals surface area contributed by atoms with E-state index in [-0.39, 0.29) is 52.4 Å². The maximum Gasteiger partial charge on any atom is 0.407 e. The second-order valence-corrected chi connectivity index (χ2v) is 12.0. The molecule has 0 radical (unpaired) electrons. The van der Waals surface area contributed by atoms with Crippen LogP contribution in [0.25, 0.3) is 20.7 Å². The Hall–Kier alpha value is -3.94. The van der Waals surface area contributed by atoms with E-state index in [1.807, 2.05) is 27.7 Å². The third-order valence-electron chi connectivity index (χ3n) is 7.33. The van der Waals surface area contributed by atoms with Crippen LogP contribution < -0.4 is 11.2 Å². The van der Waals surface area contributed by atoms with Crippen molar-refractivity contribution in [2.75, 3.05) is 6.54 Å². The predicted octanol–water partition coefficient (Wildman–Crippen LogP) is 3.95. The van der Waals surface area contributed by atoms with Crippen molar-refractivity contribution in [1.82, 2.24) is 34.2 Å². The number of thiophene rings is 1. The molecule has 5 rings (SSSR count). The minimum atomic E-state index is -1.05. The van der Waals surface area contributed by atoms with E-state index < -0.39 is 46.5 Å². The number of benzene rings is 1. The Bertz CT molecular complexity index is 1720. The topological polar surface area (TPSA) is 128 Å². The molecule has 0 bridgehead atoms. The van der Waals surface area contributed by atoms with Gasteiger partial charge in [0.1, 0.15) is 4.70 Å². The summed E-state index contributed by atoms with van der Waals surface area (Å²) in [5.41, 5.74) is -1.40.